The Morgan fingerprint density at radius 2 is 1.33 bits per heavy atom. The number of likely N-dealkylation sites (tertiary alicyclic amines) is 2. The van der Waals surface area contributed by atoms with Crippen LogP contribution in [0.3, 0.4) is 0 Å². The normalized spacial score (nSPS) is 18.3. The van der Waals surface area contributed by atoms with Gasteiger partial charge in [-0.1, -0.05) is 36.4 Å². The molecule has 0 unspecified atom stereocenters. The van der Waals surface area contributed by atoms with Crippen molar-refractivity contribution in [3.05, 3.63) is 65.2 Å². The third-order valence-corrected chi connectivity index (χ3v) is 7.68. The highest BCUT2D eigenvalue weighted by Gasteiger charge is 2.71. The van der Waals surface area contributed by atoms with E-state index in [9.17, 15) is 36.2 Å². The Bertz CT molecular complexity index is 1070. The fourth-order valence-electron chi connectivity index (χ4n) is 5.30. The number of hydrogen-bond donors (Lipinski definition) is 2. The van der Waals surface area contributed by atoms with E-state index in [1.54, 1.807) is 0 Å². The first kappa shape index (κ1) is 29.2. The van der Waals surface area contributed by atoms with E-state index < -0.39 is 23.5 Å². The molecule has 2 fully saturated rings. The van der Waals surface area contributed by atoms with E-state index in [4.69, 9.17) is 0 Å². The minimum atomic E-state index is -5.89. The number of carbonyl (C=O) groups excluding carboxylic acids is 1. The van der Waals surface area contributed by atoms with E-state index in [2.05, 4.69) is 10.2 Å². The molecule has 2 aliphatic rings. The number of halogens is 6. The molecule has 39 heavy (non-hydrogen) atoms. The maximum atomic E-state index is 13.1. The van der Waals surface area contributed by atoms with Gasteiger partial charge in [-0.3, -0.25) is 4.90 Å². The first-order valence-electron chi connectivity index (χ1n) is 13.2. The second-order valence-corrected chi connectivity index (χ2v) is 10.5. The van der Waals surface area contributed by atoms with Gasteiger partial charge in [-0.2, -0.15) is 26.3 Å². The molecule has 2 aromatic carbocycles. The van der Waals surface area contributed by atoms with Crippen LogP contribution in [0, 0.1) is 5.92 Å². The number of anilines is 1. The number of amides is 2. The van der Waals surface area contributed by atoms with Crippen LogP contribution in [0.4, 0.5) is 36.8 Å². The highest BCUT2D eigenvalue weighted by Crippen LogP contribution is 2.50. The molecule has 2 amide bonds. The maximum Gasteiger partial charge on any atom is 0.430 e. The third kappa shape index (κ3) is 6.87. The minimum absolute atomic E-state index is 0.0687. The number of carbonyl (C=O) groups is 1. The Kier molecular flexibility index (Phi) is 8.80. The van der Waals surface area contributed by atoms with E-state index in [-0.39, 0.29) is 6.03 Å². The molecule has 0 spiro atoms. The molecule has 0 saturated carbocycles. The number of nitrogens with one attached hydrogen (secondary N) is 1. The van der Waals surface area contributed by atoms with Crippen molar-refractivity contribution in [2.45, 2.75) is 63.0 Å². The summed E-state index contributed by atoms with van der Waals surface area (Å²) in [6.07, 6.45) is -5.85. The minimum Gasteiger partial charge on any atom is -0.369 e. The van der Waals surface area contributed by atoms with Gasteiger partial charge in [-0.05, 0) is 80.8 Å². The maximum absolute atomic E-state index is 13.1. The van der Waals surface area contributed by atoms with Gasteiger partial charge in [0.25, 0.3) is 5.60 Å². The van der Waals surface area contributed by atoms with Gasteiger partial charge >= 0.3 is 18.4 Å². The van der Waals surface area contributed by atoms with E-state index in [1.807, 2.05) is 29.2 Å². The lowest BCUT2D eigenvalue weighted by Gasteiger charge is -2.33. The average Bonchev–Trinajstić information content (AvgIpc) is 2.90. The van der Waals surface area contributed by atoms with Gasteiger partial charge in [0.1, 0.15) is 0 Å². The van der Waals surface area contributed by atoms with Gasteiger partial charge in [0.05, 0.1) is 0 Å². The van der Waals surface area contributed by atoms with Crippen LogP contribution in [0.15, 0.2) is 48.5 Å². The van der Waals surface area contributed by atoms with Crippen molar-refractivity contribution in [2.75, 3.05) is 31.5 Å². The van der Waals surface area contributed by atoms with Crippen molar-refractivity contribution in [1.29, 1.82) is 0 Å². The second-order valence-electron chi connectivity index (χ2n) is 10.5. The van der Waals surface area contributed by atoms with Crippen LogP contribution in [0.1, 0.15) is 48.8 Å². The first-order chi connectivity index (χ1) is 18.4. The highest BCUT2D eigenvalue weighted by molar-refractivity contribution is 5.89. The van der Waals surface area contributed by atoms with Crippen LogP contribution >= 0.6 is 0 Å². The second kappa shape index (κ2) is 11.8. The summed E-state index contributed by atoms with van der Waals surface area (Å²) in [4.78, 5) is 16.3. The number of rotatable bonds is 6. The lowest BCUT2D eigenvalue weighted by atomic mass is 9.89. The molecule has 2 aliphatic heterocycles. The summed E-state index contributed by atoms with van der Waals surface area (Å²) in [7, 11) is 0. The fourth-order valence-corrected chi connectivity index (χ4v) is 5.30. The van der Waals surface area contributed by atoms with E-state index in [0.29, 0.717) is 30.2 Å². The lowest BCUT2D eigenvalue weighted by molar-refractivity contribution is -0.376. The van der Waals surface area contributed by atoms with Gasteiger partial charge in [-0.15, -0.1) is 0 Å². The van der Waals surface area contributed by atoms with Gasteiger partial charge in [0, 0.05) is 30.9 Å². The average molecular weight is 558 g/mol. The molecule has 4 rings (SSSR count). The monoisotopic (exact) mass is 557 g/mol. The number of alkyl halides is 6. The summed E-state index contributed by atoms with van der Waals surface area (Å²) < 4.78 is 78.6. The quantitative estimate of drug-likeness (QED) is 0.401. The SMILES string of the molecule is O=C(Nc1ccc(CC2CCN(Cc3ccc(C(O)(C(F)(F)F)C(F)(F)F)cc3)CC2)cc1)N1CCCCC1. The molecule has 2 heterocycles. The summed E-state index contributed by atoms with van der Waals surface area (Å²) in [6.45, 7) is 3.48. The summed E-state index contributed by atoms with van der Waals surface area (Å²) in [5.74, 6) is 0.450. The van der Waals surface area contributed by atoms with Crippen LogP contribution in [0.2, 0.25) is 0 Å². The molecular formula is C28H33F6N3O2. The standard InChI is InChI=1S/C28H33F6N3O2/c29-27(30,31)26(39,28(32,33)34)23-8-4-22(5-9-23)19-36-16-12-21(13-17-36)18-20-6-10-24(11-7-20)35-25(38)37-14-2-1-3-15-37/h4-11,21,39H,1-3,12-19H2,(H,35,38). The van der Waals surface area contributed by atoms with Crippen LogP contribution in [0.5, 0.6) is 0 Å². The van der Waals surface area contributed by atoms with Crippen LogP contribution in [-0.4, -0.2) is 59.5 Å². The number of piperidine rings is 2. The molecule has 0 aromatic heterocycles. The molecule has 214 valence electrons. The number of urea groups is 1. The summed E-state index contributed by atoms with van der Waals surface area (Å²) in [5, 5.41) is 12.5. The predicted molar refractivity (Wildman–Crippen MR) is 135 cm³/mol. The number of aliphatic hydroxyl groups is 1. The fraction of sp³-hybridized carbons (Fsp3) is 0.536. The third-order valence-electron chi connectivity index (χ3n) is 7.68. The zero-order valence-electron chi connectivity index (χ0n) is 21.5. The Morgan fingerprint density at radius 1 is 0.795 bits per heavy atom. The Balaban J connectivity index is 1.25. The molecule has 0 bridgehead atoms. The Morgan fingerprint density at radius 3 is 1.87 bits per heavy atom. The van der Waals surface area contributed by atoms with E-state index in [0.717, 1.165) is 70.4 Å². The molecule has 0 aliphatic carbocycles. The van der Waals surface area contributed by atoms with Gasteiger partial charge in [-0.25, -0.2) is 4.79 Å². The van der Waals surface area contributed by atoms with Crippen LogP contribution in [-0.2, 0) is 18.6 Å². The summed E-state index contributed by atoms with van der Waals surface area (Å²) in [5.41, 5.74) is -3.65. The van der Waals surface area contributed by atoms with Crippen molar-refractivity contribution in [1.82, 2.24) is 9.80 Å². The highest BCUT2D eigenvalue weighted by atomic mass is 19.4. The molecule has 2 N–H and O–H groups in total. The van der Waals surface area contributed by atoms with Crippen molar-refractivity contribution >= 4 is 11.7 Å². The van der Waals surface area contributed by atoms with Crippen molar-refractivity contribution in [3.63, 3.8) is 0 Å². The van der Waals surface area contributed by atoms with Crippen LogP contribution < -0.4 is 5.32 Å². The van der Waals surface area contributed by atoms with Crippen molar-refractivity contribution in [2.24, 2.45) is 5.92 Å². The number of benzene rings is 2. The topological polar surface area (TPSA) is 55.8 Å². The zero-order valence-corrected chi connectivity index (χ0v) is 21.5. The zero-order chi connectivity index (χ0) is 28.3. The molecule has 5 nitrogen and oxygen atoms in total. The molecule has 11 heteroatoms. The summed E-state index contributed by atoms with van der Waals surface area (Å²) in [6, 6.07) is 11.6. The number of hydrogen-bond acceptors (Lipinski definition) is 3. The van der Waals surface area contributed by atoms with Gasteiger partial charge in [0.15, 0.2) is 0 Å². The Hall–Kier alpha value is -2.79. The molecule has 0 atom stereocenters. The van der Waals surface area contributed by atoms with Crippen molar-refractivity contribution < 1.29 is 36.2 Å². The number of nitrogens with zero attached hydrogens (tertiary/aromatic N) is 2. The predicted octanol–water partition coefficient (Wildman–Crippen LogP) is 6.47. The van der Waals surface area contributed by atoms with Gasteiger partial charge < -0.3 is 15.3 Å². The Labute approximate surface area is 223 Å². The van der Waals surface area contributed by atoms with Crippen LogP contribution in [0.25, 0.3) is 0 Å². The first-order valence-corrected chi connectivity index (χ1v) is 13.2. The molecule has 2 aromatic rings. The van der Waals surface area contributed by atoms with E-state index in [1.165, 1.54) is 17.7 Å². The smallest absolute Gasteiger partial charge is 0.369 e. The van der Waals surface area contributed by atoms with E-state index >= 15 is 0 Å². The molecule has 0 radical (unpaired) electrons. The van der Waals surface area contributed by atoms with Gasteiger partial charge in [0.2, 0.25) is 0 Å². The largest absolute Gasteiger partial charge is 0.430 e. The lowest BCUT2D eigenvalue weighted by Crippen LogP contribution is -2.53. The molecular weight excluding hydrogens is 524 g/mol. The summed E-state index contributed by atoms with van der Waals surface area (Å²) >= 11 is 0. The van der Waals surface area contributed by atoms with Crippen molar-refractivity contribution in [3.8, 4) is 0 Å². The molecule has 2 saturated heterocycles.